The summed E-state index contributed by atoms with van der Waals surface area (Å²) in [6.45, 7) is 8.24. The minimum Gasteiger partial charge on any atom is -0.462 e. The maximum atomic E-state index is 13.8. The average Bonchev–Trinajstić information content (AvgIpc) is 3.45. The zero-order chi connectivity index (χ0) is 37.2. The first-order chi connectivity index (χ1) is 25.3. The van der Waals surface area contributed by atoms with Gasteiger partial charge < -0.3 is 19.3 Å². The molecule has 1 spiro atoms. The summed E-state index contributed by atoms with van der Waals surface area (Å²) in [6, 6.07) is 0.128. The molecule has 4 atom stereocenters. The van der Waals surface area contributed by atoms with E-state index in [1.807, 2.05) is 6.92 Å². The van der Waals surface area contributed by atoms with Crippen LogP contribution in [0.5, 0.6) is 0 Å². The summed E-state index contributed by atoms with van der Waals surface area (Å²) >= 11 is 0. The predicted octanol–water partition coefficient (Wildman–Crippen LogP) is 7.13. The summed E-state index contributed by atoms with van der Waals surface area (Å²) < 4.78 is 34.2. The average molecular weight is 699 g/mol. The number of aliphatic hydroxyl groups excluding tert-OH is 1. The van der Waals surface area contributed by atoms with Crippen molar-refractivity contribution < 1.29 is 35.3 Å². The fraction of sp³-hybridized carbons (Fsp3) is 0.756. The molecule has 2 N–H and O–H groups in total. The van der Waals surface area contributed by atoms with Gasteiger partial charge in [0.25, 0.3) is 1.41 Å². The molecule has 0 radical (unpaired) electrons. The van der Waals surface area contributed by atoms with Gasteiger partial charge in [-0.2, -0.15) is 0 Å². The number of nitrogens with one attached hydrogen (secondary N) is 1. The summed E-state index contributed by atoms with van der Waals surface area (Å²) in [4.78, 5) is 34.0. The summed E-state index contributed by atoms with van der Waals surface area (Å²) in [5.74, 6) is 0.106. The SMILES string of the molecule is [2H]O[C@H](C)CCCC1=[N+]([2H])C2=N[C@]3(CCC=C[C@H](CC)O3)C[C@@H]3CCC(=C1C(=O)OCCCCCCCCCCCCCCCC(=O)OCC=C)N23. The van der Waals surface area contributed by atoms with E-state index in [1.165, 1.54) is 56.4 Å². The number of guanidine groups is 1. The third kappa shape index (κ3) is 12.5. The molecular formula is C41H66N3O6+. The Morgan fingerprint density at radius 2 is 1.82 bits per heavy atom. The van der Waals surface area contributed by atoms with E-state index in [2.05, 4.69) is 30.6 Å². The first-order valence-electron chi connectivity index (χ1n) is 20.9. The fourth-order valence-electron chi connectivity index (χ4n) is 7.71. The number of hydrogen-bond donors (Lipinski definition) is 2. The quantitative estimate of drug-likeness (QED) is 0.0593. The van der Waals surface area contributed by atoms with E-state index in [0.717, 1.165) is 76.3 Å². The molecule has 0 bridgehead atoms. The normalized spacial score (nSPS) is 24.0. The van der Waals surface area contributed by atoms with E-state index < -0.39 is 5.72 Å². The van der Waals surface area contributed by atoms with Crippen LogP contribution in [0.1, 0.15) is 162 Å². The lowest BCUT2D eigenvalue weighted by atomic mass is 9.95. The van der Waals surface area contributed by atoms with E-state index in [4.69, 9.17) is 25.7 Å². The number of carbonyl (C=O) groups is 2. The number of esters is 2. The van der Waals surface area contributed by atoms with E-state index >= 15 is 0 Å². The molecular weight excluding hydrogens is 630 g/mol. The van der Waals surface area contributed by atoms with Crippen LogP contribution < -0.4 is 4.99 Å². The zero-order valence-electron chi connectivity index (χ0n) is 33.1. The Morgan fingerprint density at radius 1 is 1.12 bits per heavy atom. The molecule has 0 unspecified atom stereocenters. The fourth-order valence-corrected chi connectivity index (χ4v) is 7.71. The molecule has 4 rings (SSSR count). The number of unbranched alkanes of at least 4 members (excludes halogenated alkanes) is 12. The predicted molar refractivity (Wildman–Crippen MR) is 198 cm³/mol. The maximum Gasteiger partial charge on any atom is 0.394 e. The van der Waals surface area contributed by atoms with Crippen molar-refractivity contribution in [3.63, 3.8) is 0 Å². The Labute approximate surface area is 304 Å². The Bertz CT molecular complexity index is 1300. The van der Waals surface area contributed by atoms with Crippen LogP contribution in [0.25, 0.3) is 0 Å². The summed E-state index contributed by atoms with van der Waals surface area (Å²) in [6.07, 6.45) is 28.0. The van der Waals surface area contributed by atoms with Gasteiger partial charge in [0.2, 0.25) is 7.16 Å². The number of ether oxygens (including phenoxy) is 3. The smallest absolute Gasteiger partial charge is 0.394 e. The van der Waals surface area contributed by atoms with E-state index in [0.29, 0.717) is 56.1 Å². The zero-order valence-corrected chi connectivity index (χ0v) is 31.1. The highest BCUT2D eigenvalue weighted by atomic mass is 16.5. The number of hydrogen-bond acceptors (Lipinski definition) is 8. The number of allylic oxidation sites excluding steroid dienone is 2. The molecule has 280 valence electrons. The Kier molecular flexibility index (Phi) is 15.9. The monoisotopic (exact) mass is 699 g/mol. The molecule has 9 nitrogen and oxygen atoms in total. The first-order valence-corrected chi connectivity index (χ1v) is 20.0. The van der Waals surface area contributed by atoms with Gasteiger partial charge in [0.1, 0.15) is 12.2 Å². The molecule has 0 amide bonds. The van der Waals surface area contributed by atoms with Crippen molar-refractivity contribution in [1.29, 1.82) is 1.43 Å². The Balaban J connectivity index is 1.20. The van der Waals surface area contributed by atoms with Gasteiger partial charge in [0, 0.05) is 32.1 Å². The molecule has 0 saturated carbocycles. The van der Waals surface area contributed by atoms with Crippen molar-refractivity contribution in [2.75, 3.05) is 13.2 Å². The van der Waals surface area contributed by atoms with Crippen LogP contribution >= 0.6 is 0 Å². The minimum absolute atomic E-state index is 0.00341. The van der Waals surface area contributed by atoms with Gasteiger partial charge in [-0.3, -0.25) is 4.79 Å². The topological polar surface area (TPSA) is 112 Å². The molecule has 0 aliphatic carbocycles. The lowest BCUT2D eigenvalue weighted by molar-refractivity contribution is -0.340. The lowest BCUT2D eigenvalue weighted by Crippen LogP contribution is -2.85. The summed E-state index contributed by atoms with van der Waals surface area (Å²) in [5, 5.41) is 4.74. The van der Waals surface area contributed by atoms with Crippen molar-refractivity contribution in [2.45, 2.75) is 186 Å². The van der Waals surface area contributed by atoms with Gasteiger partial charge in [0.15, 0.2) is 0 Å². The lowest BCUT2D eigenvalue weighted by Gasteiger charge is -2.37. The van der Waals surface area contributed by atoms with E-state index in [9.17, 15) is 11.0 Å². The van der Waals surface area contributed by atoms with Crippen molar-refractivity contribution in [3.8, 4) is 0 Å². The number of nitrogens with zero attached hydrogens (tertiary/aromatic N) is 2. The second kappa shape index (κ2) is 21.6. The minimum atomic E-state index is -0.669. The molecule has 1 fully saturated rings. The summed E-state index contributed by atoms with van der Waals surface area (Å²) in [7, 11) is 0. The van der Waals surface area contributed by atoms with Gasteiger partial charge >= 0.3 is 17.9 Å². The molecule has 0 aromatic rings. The van der Waals surface area contributed by atoms with E-state index in [1.54, 1.807) is 6.08 Å². The highest BCUT2D eigenvalue weighted by Gasteiger charge is 2.55. The third-order valence-corrected chi connectivity index (χ3v) is 10.4. The number of rotatable bonds is 25. The van der Waals surface area contributed by atoms with Crippen LogP contribution in [-0.2, 0) is 23.8 Å². The van der Waals surface area contributed by atoms with Crippen molar-refractivity contribution in [3.05, 3.63) is 36.1 Å². The van der Waals surface area contributed by atoms with Gasteiger partial charge in [-0.1, -0.05) is 107 Å². The molecule has 4 aliphatic rings. The molecule has 9 heteroatoms. The first kappa shape index (κ1) is 37.0. The molecule has 1 saturated heterocycles. The van der Waals surface area contributed by atoms with Crippen LogP contribution in [0.4, 0.5) is 0 Å². The highest BCUT2D eigenvalue weighted by Crippen LogP contribution is 2.43. The third-order valence-electron chi connectivity index (χ3n) is 10.4. The number of aliphatic hydroxyl groups is 1. The maximum absolute atomic E-state index is 13.8. The Morgan fingerprint density at radius 3 is 2.50 bits per heavy atom. The molecule has 0 aromatic heterocycles. The molecule has 4 heterocycles. The molecule has 0 aromatic carbocycles. The van der Waals surface area contributed by atoms with Crippen LogP contribution in [0.2, 0.25) is 1.41 Å². The van der Waals surface area contributed by atoms with Crippen LogP contribution in [0.15, 0.2) is 41.1 Å². The highest BCUT2D eigenvalue weighted by molar-refractivity contribution is 6.20. The van der Waals surface area contributed by atoms with Gasteiger partial charge in [-0.25, -0.2) is 14.7 Å². The number of carbonyl (C=O) groups excluding carboxylic acids is 2. The standard InChI is InChI=1S/C41H65N3O6/c1-4-29-48-37(46)25-17-15-13-11-9-7-6-8-10-12-14-16-20-30-49-39(47)38-35(24-21-22-32(3)45)42-40-43-41(28-19-18-23-34(5-2)50-41)31-33-26-27-36(38)44(33)40/h4,18,23,32-34,45H,1,5-17,19-22,24-31H2,2-3H3/p+1/t32-,33+,34+,41+/m1/s1/i45D/hD. The van der Waals surface area contributed by atoms with Crippen LogP contribution in [0.3, 0.4) is 0 Å². The van der Waals surface area contributed by atoms with Crippen molar-refractivity contribution in [1.82, 2.24) is 4.90 Å². The second-order valence-corrected chi connectivity index (χ2v) is 14.7. The van der Waals surface area contributed by atoms with Gasteiger partial charge in [-0.15, -0.1) is 0 Å². The summed E-state index contributed by atoms with van der Waals surface area (Å²) in [5.41, 5.74) is 1.43. The van der Waals surface area contributed by atoms with Crippen molar-refractivity contribution >= 4 is 23.6 Å². The van der Waals surface area contributed by atoms with Gasteiger partial charge in [-0.05, 0) is 51.9 Å². The second-order valence-electron chi connectivity index (χ2n) is 14.7. The Hall–Kier alpha value is -2.78. The van der Waals surface area contributed by atoms with Crippen LogP contribution in [0, 0.1) is 0 Å². The largest absolute Gasteiger partial charge is 0.462 e. The van der Waals surface area contributed by atoms with Crippen LogP contribution in [-0.4, -0.2) is 72.2 Å². The number of aliphatic imine (C=N–C) groups is 1. The van der Waals surface area contributed by atoms with Crippen molar-refractivity contribution in [2.24, 2.45) is 4.99 Å². The van der Waals surface area contributed by atoms with E-state index in [-0.39, 0.29) is 30.2 Å². The van der Waals surface area contributed by atoms with Gasteiger partial charge in [0.05, 0.1) is 36.3 Å². The molecule has 50 heavy (non-hydrogen) atoms. The molecule has 4 aliphatic heterocycles.